The first-order valence-corrected chi connectivity index (χ1v) is 6.59. The minimum Gasteiger partial charge on any atom is -0.386 e. The smallest absolute Gasteiger partial charge is 0.330 e. The van der Waals surface area contributed by atoms with Gasteiger partial charge in [-0.25, -0.2) is 0 Å². The predicted octanol–water partition coefficient (Wildman–Crippen LogP) is 3.32. The molecule has 100 valence electrons. The molecule has 0 aromatic heterocycles. The summed E-state index contributed by atoms with van der Waals surface area (Å²) in [6, 6.07) is 0. The minimum atomic E-state index is -3.56. The molecule has 2 nitrogen and oxygen atoms in total. The first-order chi connectivity index (χ1) is 8.00. The van der Waals surface area contributed by atoms with Crippen molar-refractivity contribution in [3.8, 4) is 0 Å². The number of rotatable bonds is 6. The molecule has 1 aliphatic carbocycles. The van der Waals surface area contributed by atoms with Gasteiger partial charge >= 0.3 is 5.92 Å². The molecule has 1 fully saturated rings. The molecule has 17 heavy (non-hydrogen) atoms. The molecule has 0 saturated heterocycles. The summed E-state index contributed by atoms with van der Waals surface area (Å²) >= 11 is 0. The van der Waals surface area contributed by atoms with Crippen LogP contribution >= 0.6 is 0 Å². The van der Waals surface area contributed by atoms with Crippen molar-refractivity contribution in [3.63, 3.8) is 0 Å². The Morgan fingerprint density at radius 2 is 1.94 bits per heavy atom. The lowest BCUT2D eigenvalue weighted by atomic mass is 9.82. The SMILES string of the molecule is CCCCC(=O)C(F)(F)C(O)C1CCCCC1. The topological polar surface area (TPSA) is 37.3 Å². The van der Waals surface area contributed by atoms with Gasteiger partial charge in [0.2, 0.25) is 5.78 Å². The lowest BCUT2D eigenvalue weighted by molar-refractivity contribution is -0.169. The van der Waals surface area contributed by atoms with Gasteiger partial charge in [0.25, 0.3) is 0 Å². The molecule has 0 heterocycles. The van der Waals surface area contributed by atoms with E-state index in [9.17, 15) is 18.7 Å². The Labute approximate surface area is 101 Å². The number of hydrogen-bond donors (Lipinski definition) is 1. The molecule has 0 aromatic rings. The molecule has 1 aliphatic rings. The van der Waals surface area contributed by atoms with Gasteiger partial charge in [0.1, 0.15) is 6.10 Å². The number of unbranched alkanes of at least 4 members (excludes halogenated alkanes) is 1. The second-order valence-electron chi connectivity index (χ2n) is 4.99. The van der Waals surface area contributed by atoms with Crippen LogP contribution in [0.1, 0.15) is 58.3 Å². The summed E-state index contributed by atoms with van der Waals surface area (Å²) in [4.78, 5) is 11.4. The summed E-state index contributed by atoms with van der Waals surface area (Å²) in [6.07, 6.45) is 3.27. The van der Waals surface area contributed by atoms with E-state index in [-0.39, 0.29) is 6.42 Å². The maximum Gasteiger partial charge on any atom is 0.330 e. The lowest BCUT2D eigenvalue weighted by Gasteiger charge is -2.31. The molecular weight excluding hydrogens is 226 g/mol. The minimum absolute atomic E-state index is 0.132. The average Bonchev–Trinajstić information content (AvgIpc) is 2.35. The Kier molecular flexibility index (Phi) is 5.50. The van der Waals surface area contributed by atoms with Gasteiger partial charge in [-0.3, -0.25) is 4.79 Å². The zero-order chi connectivity index (χ0) is 12.9. The fraction of sp³-hybridized carbons (Fsp3) is 0.923. The maximum absolute atomic E-state index is 13.7. The van der Waals surface area contributed by atoms with Gasteiger partial charge in [0, 0.05) is 6.42 Å². The summed E-state index contributed by atoms with van der Waals surface area (Å²) in [6.45, 7) is 1.85. The number of hydrogen-bond acceptors (Lipinski definition) is 2. The quantitative estimate of drug-likeness (QED) is 0.783. The third kappa shape index (κ3) is 3.73. The monoisotopic (exact) mass is 248 g/mol. The summed E-state index contributed by atoms with van der Waals surface area (Å²) in [5, 5.41) is 9.70. The van der Waals surface area contributed by atoms with Crippen LogP contribution in [0.2, 0.25) is 0 Å². The fourth-order valence-corrected chi connectivity index (χ4v) is 2.41. The predicted molar refractivity (Wildman–Crippen MR) is 62.1 cm³/mol. The first-order valence-electron chi connectivity index (χ1n) is 6.59. The van der Waals surface area contributed by atoms with E-state index in [1.165, 1.54) is 0 Å². The van der Waals surface area contributed by atoms with E-state index in [0.717, 1.165) is 19.3 Å². The van der Waals surface area contributed by atoms with Gasteiger partial charge in [-0.05, 0) is 25.2 Å². The molecule has 0 amide bonds. The third-order valence-corrected chi connectivity index (χ3v) is 3.60. The van der Waals surface area contributed by atoms with E-state index in [4.69, 9.17) is 0 Å². The van der Waals surface area contributed by atoms with E-state index < -0.39 is 23.7 Å². The van der Waals surface area contributed by atoms with Crippen LogP contribution in [0.4, 0.5) is 8.78 Å². The van der Waals surface area contributed by atoms with Gasteiger partial charge in [-0.15, -0.1) is 0 Å². The summed E-state index contributed by atoms with van der Waals surface area (Å²) in [5.74, 6) is -5.07. The number of ketones is 1. The molecule has 0 spiro atoms. The lowest BCUT2D eigenvalue weighted by Crippen LogP contribution is -2.46. The van der Waals surface area contributed by atoms with Crippen molar-refractivity contribution < 1.29 is 18.7 Å². The molecule has 0 radical (unpaired) electrons. The zero-order valence-electron chi connectivity index (χ0n) is 10.4. The standard InChI is InChI=1S/C13H22F2O2/c1-2-3-9-11(16)13(14,15)12(17)10-7-5-4-6-8-10/h10,12,17H,2-9H2,1H3. The number of carbonyl (C=O) groups excluding carboxylic acids is 1. The van der Waals surface area contributed by atoms with Crippen molar-refractivity contribution in [3.05, 3.63) is 0 Å². The summed E-state index contributed by atoms with van der Waals surface area (Å²) in [5.41, 5.74) is 0. The van der Waals surface area contributed by atoms with Crippen molar-refractivity contribution in [2.24, 2.45) is 5.92 Å². The molecule has 4 heteroatoms. The maximum atomic E-state index is 13.7. The second-order valence-corrected chi connectivity index (χ2v) is 4.99. The number of aliphatic hydroxyl groups is 1. The second kappa shape index (κ2) is 6.43. The fourth-order valence-electron chi connectivity index (χ4n) is 2.41. The third-order valence-electron chi connectivity index (χ3n) is 3.60. The first kappa shape index (κ1) is 14.6. The average molecular weight is 248 g/mol. The van der Waals surface area contributed by atoms with Crippen molar-refractivity contribution in [1.29, 1.82) is 0 Å². The Balaban J connectivity index is 2.57. The molecule has 1 saturated carbocycles. The van der Waals surface area contributed by atoms with Crippen LogP contribution in [0.15, 0.2) is 0 Å². The van der Waals surface area contributed by atoms with E-state index in [2.05, 4.69) is 0 Å². The molecule has 1 unspecified atom stereocenters. The number of aliphatic hydroxyl groups excluding tert-OH is 1. The van der Waals surface area contributed by atoms with Crippen LogP contribution in [0.25, 0.3) is 0 Å². The molecule has 0 aliphatic heterocycles. The zero-order valence-corrected chi connectivity index (χ0v) is 10.4. The van der Waals surface area contributed by atoms with Crippen LogP contribution < -0.4 is 0 Å². The van der Waals surface area contributed by atoms with Crippen molar-refractivity contribution in [1.82, 2.24) is 0 Å². The largest absolute Gasteiger partial charge is 0.386 e. The van der Waals surface area contributed by atoms with E-state index in [1.807, 2.05) is 6.92 Å². The number of alkyl halides is 2. The van der Waals surface area contributed by atoms with Gasteiger partial charge in [0.05, 0.1) is 0 Å². The number of Topliss-reactive ketones (excluding diaryl/α,β-unsaturated/α-hetero) is 1. The Hall–Kier alpha value is -0.510. The summed E-state index contributed by atoms with van der Waals surface area (Å²) in [7, 11) is 0. The Bertz CT molecular complexity index is 248. The van der Waals surface area contributed by atoms with Crippen LogP contribution in [-0.4, -0.2) is 22.9 Å². The molecule has 1 N–H and O–H groups in total. The van der Waals surface area contributed by atoms with E-state index in [1.54, 1.807) is 0 Å². The van der Waals surface area contributed by atoms with Gasteiger partial charge in [0.15, 0.2) is 0 Å². The highest BCUT2D eigenvalue weighted by atomic mass is 19.3. The Morgan fingerprint density at radius 3 is 2.47 bits per heavy atom. The molecule has 1 rings (SSSR count). The van der Waals surface area contributed by atoms with Gasteiger partial charge in [-0.2, -0.15) is 8.78 Å². The highest BCUT2D eigenvalue weighted by molar-refractivity contribution is 5.86. The van der Waals surface area contributed by atoms with Crippen molar-refractivity contribution in [2.75, 3.05) is 0 Å². The number of carbonyl (C=O) groups is 1. The molecule has 0 aromatic carbocycles. The van der Waals surface area contributed by atoms with Gasteiger partial charge < -0.3 is 5.11 Å². The normalized spacial score (nSPS) is 20.2. The van der Waals surface area contributed by atoms with E-state index in [0.29, 0.717) is 25.7 Å². The Morgan fingerprint density at radius 1 is 1.35 bits per heavy atom. The van der Waals surface area contributed by atoms with Gasteiger partial charge in [-0.1, -0.05) is 32.6 Å². The highest BCUT2D eigenvalue weighted by Gasteiger charge is 2.48. The summed E-state index contributed by atoms with van der Waals surface area (Å²) < 4.78 is 27.4. The number of halogens is 2. The van der Waals surface area contributed by atoms with E-state index >= 15 is 0 Å². The highest BCUT2D eigenvalue weighted by Crippen LogP contribution is 2.35. The van der Waals surface area contributed by atoms with Crippen molar-refractivity contribution >= 4 is 5.78 Å². The van der Waals surface area contributed by atoms with Crippen molar-refractivity contribution in [2.45, 2.75) is 70.3 Å². The van der Waals surface area contributed by atoms with Crippen LogP contribution in [0.5, 0.6) is 0 Å². The van der Waals surface area contributed by atoms with Crippen LogP contribution in [0.3, 0.4) is 0 Å². The molecule has 0 bridgehead atoms. The van der Waals surface area contributed by atoms with Crippen LogP contribution in [-0.2, 0) is 4.79 Å². The molecule has 1 atom stereocenters. The van der Waals surface area contributed by atoms with Crippen LogP contribution in [0, 0.1) is 5.92 Å². The molecular formula is C13H22F2O2.